The summed E-state index contributed by atoms with van der Waals surface area (Å²) in [5.74, 6) is 0. The van der Waals surface area contributed by atoms with Crippen molar-refractivity contribution in [2.45, 2.75) is 12.1 Å². The van der Waals surface area contributed by atoms with Gasteiger partial charge in [0.1, 0.15) is 0 Å². The number of nitrogens with zero attached hydrogens (tertiary/aromatic N) is 4. The Morgan fingerprint density at radius 2 is 2.33 bits per heavy atom. The first kappa shape index (κ1) is 7.70. The van der Waals surface area contributed by atoms with Gasteiger partial charge < -0.3 is 10.0 Å². The van der Waals surface area contributed by atoms with Crippen molar-refractivity contribution < 1.29 is 5.11 Å². The van der Waals surface area contributed by atoms with Crippen LogP contribution in [0.2, 0.25) is 0 Å². The van der Waals surface area contributed by atoms with Crippen LogP contribution in [-0.2, 0) is 0 Å². The number of likely N-dealkylation sites (N-methyl/N-ethyl adjacent to an activating group) is 1. The van der Waals surface area contributed by atoms with E-state index in [1.54, 1.807) is 17.1 Å². The summed E-state index contributed by atoms with van der Waals surface area (Å²) >= 11 is 0. The maximum Gasteiger partial charge on any atom is 0.0934 e. The van der Waals surface area contributed by atoms with Gasteiger partial charge in [-0.2, -0.15) is 0 Å². The summed E-state index contributed by atoms with van der Waals surface area (Å²) in [6.45, 7) is 1.55. The number of β-amino-alcohol motifs (C(OH)–C–C–N with tert-alkyl or cyclic N) is 1. The normalized spacial score (nSPS) is 31.2. The zero-order valence-electron chi connectivity index (χ0n) is 6.96. The molecule has 0 radical (unpaired) electrons. The van der Waals surface area contributed by atoms with Gasteiger partial charge in [0, 0.05) is 19.3 Å². The molecule has 0 bridgehead atoms. The Balaban J connectivity index is 2.15. The molecule has 0 amide bonds. The van der Waals surface area contributed by atoms with Gasteiger partial charge in [-0.3, -0.25) is 0 Å². The first-order valence-corrected chi connectivity index (χ1v) is 4.00. The van der Waals surface area contributed by atoms with Crippen molar-refractivity contribution in [3.05, 3.63) is 12.4 Å². The molecule has 12 heavy (non-hydrogen) atoms. The molecule has 2 rings (SSSR count). The van der Waals surface area contributed by atoms with E-state index in [0.717, 1.165) is 6.54 Å². The van der Waals surface area contributed by atoms with Crippen molar-refractivity contribution in [3.63, 3.8) is 0 Å². The molecule has 66 valence electrons. The van der Waals surface area contributed by atoms with Crippen LogP contribution in [0.25, 0.3) is 0 Å². The van der Waals surface area contributed by atoms with Crippen LogP contribution in [0.15, 0.2) is 12.4 Å². The molecule has 1 N–H and O–H groups in total. The molecule has 2 heterocycles. The maximum atomic E-state index is 9.60. The van der Waals surface area contributed by atoms with Crippen LogP contribution >= 0.6 is 0 Å². The highest BCUT2D eigenvalue weighted by Crippen LogP contribution is 2.18. The zero-order chi connectivity index (χ0) is 8.55. The fourth-order valence-electron chi connectivity index (χ4n) is 1.61. The van der Waals surface area contributed by atoms with Crippen molar-refractivity contribution in [1.82, 2.24) is 19.9 Å². The van der Waals surface area contributed by atoms with E-state index in [9.17, 15) is 5.11 Å². The van der Waals surface area contributed by atoms with Crippen molar-refractivity contribution in [1.29, 1.82) is 0 Å². The highest BCUT2D eigenvalue weighted by molar-refractivity contribution is 4.87. The second-order valence-corrected chi connectivity index (χ2v) is 3.24. The lowest BCUT2D eigenvalue weighted by Crippen LogP contribution is -2.22. The lowest BCUT2D eigenvalue weighted by molar-refractivity contribution is 0.140. The molecule has 1 fully saturated rings. The molecule has 1 aliphatic heterocycles. The van der Waals surface area contributed by atoms with E-state index in [4.69, 9.17) is 0 Å². The standard InChI is InChI=1S/C7H12N4O/c1-10-4-6(7(12)5-10)11-3-2-8-9-11/h2-3,6-7,12H,4-5H2,1H3/t6-,7-/m0/s1. The summed E-state index contributed by atoms with van der Waals surface area (Å²) in [6, 6.07) is 0.0671. The van der Waals surface area contributed by atoms with E-state index in [-0.39, 0.29) is 12.1 Å². The second kappa shape index (κ2) is 2.84. The lowest BCUT2D eigenvalue weighted by Gasteiger charge is -2.12. The van der Waals surface area contributed by atoms with E-state index < -0.39 is 0 Å². The molecular weight excluding hydrogens is 156 g/mol. The minimum absolute atomic E-state index is 0.0671. The van der Waals surface area contributed by atoms with Gasteiger partial charge in [-0.1, -0.05) is 5.21 Å². The Kier molecular flexibility index (Phi) is 1.82. The summed E-state index contributed by atoms with van der Waals surface area (Å²) in [4.78, 5) is 2.08. The van der Waals surface area contributed by atoms with Crippen LogP contribution in [0, 0.1) is 0 Å². The maximum absolute atomic E-state index is 9.60. The first-order valence-electron chi connectivity index (χ1n) is 4.00. The zero-order valence-corrected chi connectivity index (χ0v) is 6.96. The Hall–Kier alpha value is -0.940. The van der Waals surface area contributed by atoms with Crippen molar-refractivity contribution in [2.24, 2.45) is 0 Å². The highest BCUT2D eigenvalue weighted by Gasteiger charge is 2.30. The van der Waals surface area contributed by atoms with Crippen molar-refractivity contribution in [3.8, 4) is 0 Å². The van der Waals surface area contributed by atoms with Crippen LogP contribution in [0.5, 0.6) is 0 Å². The fourth-order valence-corrected chi connectivity index (χ4v) is 1.61. The van der Waals surface area contributed by atoms with Gasteiger partial charge in [-0.15, -0.1) is 5.10 Å². The number of aromatic nitrogens is 3. The quantitative estimate of drug-likeness (QED) is 0.592. The predicted octanol–water partition coefficient (Wildman–Crippen LogP) is -0.875. The minimum Gasteiger partial charge on any atom is -0.390 e. The molecule has 1 saturated heterocycles. The molecule has 2 atom stereocenters. The molecule has 0 unspecified atom stereocenters. The Bertz CT molecular complexity index is 248. The molecule has 0 aromatic carbocycles. The molecule has 0 spiro atoms. The Labute approximate surface area is 70.6 Å². The molecule has 1 aromatic heterocycles. The van der Waals surface area contributed by atoms with Gasteiger partial charge in [-0.25, -0.2) is 4.68 Å². The Morgan fingerprint density at radius 3 is 2.83 bits per heavy atom. The van der Waals surface area contributed by atoms with E-state index in [2.05, 4.69) is 15.2 Å². The topological polar surface area (TPSA) is 54.2 Å². The van der Waals surface area contributed by atoms with Gasteiger partial charge in [0.05, 0.1) is 18.3 Å². The number of hydrogen-bond donors (Lipinski definition) is 1. The third-order valence-corrected chi connectivity index (χ3v) is 2.22. The summed E-state index contributed by atoms with van der Waals surface area (Å²) in [5, 5.41) is 17.2. The number of hydrogen-bond acceptors (Lipinski definition) is 4. The van der Waals surface area contributed by atoms with Crippen LogP contribution in [0.3, 0.4) is 0 Å². The van der Waals surface area contributed by atoms with Crippen molar-refractivity contribution in [2.75, 3.05) is 20.1 Å². The number of likely N-dealkylation sites (tertiary alicyclic amines) is 1. The fraction of sp³-hybridized carbons (Fsp3) is 0.714. The monoisotopic (exact) mass is 168 g/mol. The number of aliphatic hydroxyl groups is 1. The van der Waals surface area contributed by atoms with Gasteiger partial charge in [-0.05, 0) is 7.05 Å². The molecular formula is C7H12N4O. The smallest absolute Gasteiger partial charge is 0.0934 e. The Morgan fingerprint density at radius 1 is 1.50 bits per heavy atom. The number of rotatable bonds is 1. The van der Waals surface area contributed by atoms with Gasteiger partial charge in [0.2, 0.25) is 0 Å². The van der Waals surface area contributed by atoms with Crippen molar-refractivity contribution >= 4 is 0 Å². The van der Waals surface area contributed by atoms with Crippen LogP contribution < -0.4 is 0 Å². The SMILES string of the molecule is CN1C[C@H](O)[C@@H](n2ccnn2)C1. The average molecular weight is 168 g/mol. The number of aliphatic hydroxyl groups excluding tert-OH is 1. The second-order valence-electron chi connectivity index (χ2n) is 3.24. The molecule has 1 aromatic rings. The molecule has 5 nitrogen and oxygen atoms in total. The lowest BCUT2D eigenvalue weighted by atomic mass is 10.2. The van der Waals surface area contributed by atoms with E-state index in [0.29, 0.717) is 6.54 Å². The van der Waals surface area contributed by atoms with Crippen LogP contribution in [0.1, 0.15) is 6.04 Å². The highest BCUT2D eigenvalue weighted by atomic mass is 16.3. The summed E-state index contributed by atoms with van der Waals surface area (Å²) in [5.41, 5.74) is 0. The van der Waals surface area contributed by atoms with E-state index >= 15 is 0 Å². The third-order valence-electron chi connectivity index (χ3n) is 2.22. The van der Waals surface area contributed by atoms with Gasteiger partial charge in [0.25, 0.3) is 0 Å². The van der Waals surface area contributed by atoms with Crippen LogP contribution in [0.4, 0.5) is 0 Å². The molecule has 0 aliphatic carbocycles. The average Bonchev–Trinajstić information content (AvgIpc) is 2.58. The van der Waals surface area contributed by atoms with E-state index in [1.165, 1.54) is 0 Å². The molecule has 0 saturated carbocycles. The first-order chi connectivity index (χ1) is 5.77. The largest absolute Gasteiger partial charge is 0.390 e. The summed E-state index contributed by atoms with van der Waals surface area (Å²) < 4.78 is 1.72. The molecule has 5 heteroatoms. The van der Waals surface area contributed by atoms with Gasteiger partial charge in [0.15, 0.2) is 0 Å². The minimum atomic E-state index is -0.323. The third kappa shape index (κ3) is 1.21. The predicted molar refractivity (Wildman–Crippen MR) is 42.6 cm³/mol. The summed E-state index contributed by atoms with van der Waals surface area (Å²) in [6.07, 6.45) is 3.09. The van der Waals surface area contributed by atoms with Gasteiger partial charge >= 0.3 is 0 Å². The van der Waals surface area contributed by atoms with E-state index in [1.807, 2.05) is 7.05 Å². The summed E-state index contributed by atoms with van der Waals surface area (Å²) in [7, 11) is 1.99. The van der Waals surface area contributed by atoms with Crippen LogP contribution in [-0.4, -0.2) is 51.2 Å². The molecule has 1 aliphatic rings.